The molecule has 0 aliphatic carbocycles. The van der Waals surface area contributed by atoms with Crippen molar-refractivity contribution in [2.75, 3.05) is 0 Å². The van der Waals surface area contributed by atoms with Crippen molar-refractivity contribution in [2.24, 2.45) is 0 Å². The number of rotatable bonds is 3. The fourth-order valence-electron chi connectivity index (χ4n) is 3.90. The zero-order valence-electron chi connectivity index (χ0n) is 14.6. The van der Waals surface area contributed by atoms with Gasteiger partial charge in [-0.05, 0) is 61.6 Å². The number of fused-ring (bicyclic) bond motifs is 4. The molecule has 5 aromatic rings. The summed E-state index contributed by atoms with van der Waals surface area (Å²) in [5.74, 6) is 0.613. The first-order valence-electron chi connectivity index (χ1n) is 8.91. The van der Waals surface area contributed by atoms with Crippen LogP contribution in [0.25, 0.3) is 43.4 Å². The maximum Gasteiger partial charge on any atom is 0.569 e. The van der Waals surface area contributed by atoms with Crippen molar-refractivity contribution in [1.29, 1.82) is 0 Å². The minimum absolute atomic E-state index is 0.613. The van der Waals surface area contributed by atoms with Crippen molar-refractivity contribution in [2.45, 2.75) is 0 Å². The molecule has 3 heteroatoms. The largest absolute Gasteiger partial charge is 0.569 e. The van der Waals surface area contributed by atoms with Crippen molar-refractivity contribution < 1.29 is 9.68 Å². The molecule has 27 heavy (non-hydrogen) atoms. The second-order valence-corrected chi connectivity index (χ2v) is 6.60. The molecule has 0 amide bonds. The Labute approximate surface area is 157 Å². The zero-order valence-corrected chi connectivity index (χ0v) is 14.6. The zero-order chi connectivity index (χ0) is 18.2. The topological polar surface area (TPSA) is 29.5 Å². The van der Waals surface area contributed by atoms with Gasteiger partial charge in [0, 0.05) is 0 Å². The van der Waals surface area contributed by atoms with Gasteiger partial charge in [-0.25, -0.2) is 0 Å². The molecular weight excluding hydrogens is 331 g/mol. The maximum atomic E-state index is 8.99. The maximum absolute atomic E-state index is 8.99. The second kappa shape index (κ2) is 6.46. The van der Waals surface area contributed by atoms with Gasteiger partial charge in [-0.3, -0.25) is 0 Å². The highest BCUT2D eigenvalue weighted by atomic mass is 16.5. The number of hydrogen-bond donors (Lipinski definition) is 1. The van der Waals surface area contributed by atoms with Gasteiger partial charge in [0.25, 0.3) is 0 Å². The molecular formula is C24H16BO2. The van der Waals surface area contributed by atoms with Gasteiger partial charge in [0.05, 0.1) is 0 Å². The van der Waals surface area contributed by atoms with Crippen molar-refractivity contribution >= 4 is 40.0 Å². The van der Waals surface area contributed by atoms with Crippen LogP contribution in [0.1, 0.15) is 0 Å². The van der Waals surface area contributed by atoms with E-state index in [4.69, 9.17) is 9.68 Å². The smallest absolute Gasteiger partial charge is 0.537 e. The predicted molar refractivity (Wildman–Crippen MR) is 113 cm³/mol. The quantitative estimate of drug-likeness (QED) is 0.334. The average Bonchev–Trinajstić information content (AvgIpc) is 2.73. The summed E-state index contributed by atoms with van der Waals surface area (Å²) in [6.45, 7) is 0. The lowest BCUT2D eigenvalue weighted by atomic mass is 9.91. The third kappa shape index (κ3) is 2.64. The van der Waals surface area contributed by atoms with Crippen molar-refractivity contribution in [3.8, 4) is 16.9 Å². The predicted octanol–water partition coefficient (Wildman–Crippen LogP) is 5.72. The lowest BCUT2D eigenvalue weighted by Gasteiger charge is -2.14. The van der Waals surface area contributed by atoms with Gasteiger partial charge in [0.15, 0.2) is 0 Å². The normalized spacial score (nSPS) is 11.1. The van der Waals surface area contributed by atoms with Gasteiger partial charge in [0.1, 0.15) is 5.75 Å². The highest BCUT2D eigenvalue weighted by molar-refractivity contribution is 6.18. The van der Waals surface area contributed by atoms with E-state index in [-0.39, 0.29) is 0 Å². The molecule has 0 spiro atoms. The lowest BCUT2D eigenvalue weighted by molar-refractivity contribution is 0.454. The summed E-state index contributed by atoms with van der Waals surface area (Å²) < 4.78 is 5.19. The highest BCUT2D eigenvalue weighted by Crippen LogP contribution is 2.38. The molecule has 1 radical (unpaired) electrons. The SMILES string of the molecule is O[B]Oc1ccc2cccc(-c3cc4ccccc4c4ccccc34)c2c1. The summed E-state index contributed by atoms with van der Waals surface area (Å²) in [6, 6.07) is 31.5. The average molecular weight is 347 g/mol. The summed E-state index contributed by atoms with van der Waals surface area (Å²) in [4.78, 5) is 0. The van der Waals surface area contributed by atoms with Crippen LogP contribution in [-0.4, -0.2) is 12.7 Å². The van der Waals surface area contributed by atoms with E-state index in [1.165, 1.54) is 27.1 Å². The first kappa shape index (κ1) is 15.9. The highest BCUT2D eigenvalue weighted by Gasteiger charge is 2.11. The van der Waals surface area contributed by atoms with E-state index in [0.29, 0.717) is 5.75 Å². The molecule has 2 nitrogen and oxygen atoms in total. The monoisotopic (exact) mass is 347 g/mol. The van der Waals surface area contributed by atoms with Gasteiger partial charge in [-0.1, -0.05) is 72.8 Å². The van der Waals surface area contributed by atoms with Crippen LogP contribution in [0, 0.1) is 0 Å². The van der Waals surface area contributed by atoms with Crippen LogP contribution in [-0.2, 0) is 0 Å². The van der Waals surface area contributed by atoms with E-state index in [1.54, 1.807) is 0 Å². The Morgan fingerprint density at radius 1 is 0.556 bits per heavy atom. The summed E-state index contributed by atoms with van der Waals surface area (Å²) in [5.41, 5.74) is 2.35. The van der Waals surface area contributed by atoms with Gasteiger partial charge in [-0.2, -0.15) is 0 Å². The third-order valence-electron chi connectivity index (χ3n) is 5.10. The summed E-state index contributed by atoms with van der Waals surface area (Å²) in [7, 11) is 0.717. The standard InChI is InChI=1S/C24H16BO2/c26-25-27-18-13-12-16-7-5-11-22(23(16)15-18)24-14-17-6-1-2-8-19(17)20-9-3-4-10-21(20)24/h1-15,26H. The van der Waals surface area contributed by atoms with Crippen LogP contribution in [0.4, 0.5) is 0 Å². The van der Waals surface area contributed by atoms with Crippen LogP contribution in [0.5, 0.6) is 5.75 Å². The van der Waals surface area contributed by atoms with Crippen LogP contribution >= 0.6 is 0 Å². The third-order valence-corrected chi connectivity index (χ3v) is 5.10. The summed E-state index contributed by atoms with van der Waals surface area (Å²) >= 11 is 0. The summed E-state index contributed by atoms with van der Waals surface area (Å²) in [6.07, 6.45) is 0. The molecule has 0 saturated heterocycles. The van der Waals surface area contributed by atoms with E-state index < -0.39 is 0 Å². The van der Waals surface area contributed by atoms with E-state index >= 15 is 0 Å². The number of benzene rings is 5. The molecule has 0 aromatic heterocycles. The molecule has 0 unspecified atom stereocenters. The van der Waals surface area contributed by atoms with E-state index in [2.05, 4.69) is 72.8 Å². The number of hydrogen-bond acceptors (Lipinski definition) is 2. The Morgan fingerprint density at radius 2 is 1.30 bits per heavy atom. The molecule has 0 fully saturated rings. The van der Waals surface area contributed by atoms with Crippen LogP contribution in [0.2, 0.25) is 0 Å². The van der Waals surface area contributed by atoms with Gasteiger partial charge in [0.2, 0.25) is 0 Å². The van der Waals surface area contributed by atoms with Gasteiger partial charge in [-0.15, -0.1) is 0 Å². The molecule has 0 atom stereocenters. The molecule has 0 aliphatic heterocycles. The van der Waals surface area contributed by atoms with E-state index in [0.717, 1.165) is 24.0 Å². The molecule has 1 N–H and O–H groups in total. The fraction of sp³-hybridized carbons (Fsp3) is 0. The molecule has 127 valence electrons. The molecule has 0 aliphatic rings. The molecule has 5 rings (SSSR count). The van der Waals surface area contributed by atoms with Gasteiger partial charge < -0.3 is 9.68 Å². The van der Waals surface area contributed by atoms with Gasteiger partial charge >= 0.3 is 7.69 Å². The van der Waals surface area contributed by atoms with Crippen molar-refractivity contribution in [1.82, 2.24) is 0 Å². The lowest BCUT2D eigenvalue weighted by Crippen LogP contribution is -1.99. The minimum Gasteiger partial charge on any atom is -0.537 e. The van der Waals surface area contributed by atoms with Crippen LogP contribution < -0.4 is 4.65 Å². The van der Waals surface area contributed by atoms with Crippen molar-refractivity contribution in [3.63, 3.8) is 0 Å². The van der Waals surface area contributed by atoms with Crippen molar-refractivity contribution in [3.05, 3.63) is 91.0 Å². The second-order valence-electron chi connectivity index (χ2n) is 6.60. The Morgan fingerprint density at radius 3 is 2.15 bits per heavy atom. The first-order chi connectivity index (χ1) is 13.3. The van der Waals surface area contributed by atoms with Crippen LogP contribution in [0.15, 0.2) is 91.0 Å². The summed E-state index contributed by atoms with van der Waals surface area (Å²) in [5, 5.41) is 16.2. The Balaban J connectivity index is 1.89. The Kier molecular flexibility index (Phi) is 3.81. The molecule has 0 saturated carbocycles. The van der Waals surface area contributed by atoms with Crippen LogP contribution in [0.3, 0.4) is 0 Å². The Hall–Kier alpha value is -3.30. The van der Waals surface area contributed by atoms with E-state index in [9.17, 15) is 0 Å². The fourth-order valence-corrected chi connectivity index (χ4v) is 3.90. The Bertz CT molecular complexity index is 1290. The first-order valence-corrected chi connectivity index (χ1v) is 8.91. The molecule has 0 bridgehead atoms. The minimum atomic E-state index is 0.613. The molecule has 0 heterocycles. The van der Waals surface area contributed by atoms with E-state index in [1.807, 2.05) is 18.2 Å². The molecule has 5 aromatic carbocycles.